The molecule has 2 aromatic carbocycles. The van der Waals surface area contributed by atoms with Crippen molar-refractivity contribution in [1.82, 2.24) is 9.78 Å². The number of amides is 1. The molecule has 0 aliphatic heterocycles. The Hall–Kier alpha value is -3.11. The summed E-state index contributed by atoms with van der Waals surface area (Å²) in [6.45, 7) is 2.62. The number of nitrogens with one attached hydrogen (secondary N) is 1. The first-order chi connectivity index (χ1) is 13.9. The molecule has 0 bridgehead atoms. The lowest BCUT2D eigenvalue weighted by Gasteiger charge is -2.12. The number of carbonyl (C=O) groups is 1. The summed E-state index contributed by atoms with van der Waals surface area (Å²) in [6, 6.07) is 11.4. The molecule has 0 spiro atoms. The fourth-order valence-electron chi connectivity index (χ4n) is 2.90. The standard InChI is InChI=1S/C20H20F2N4O3S/c1-13-4-3-5-14(8-13)9-19(27)25-16-6-7-17(18(10-16)30(23,28)29)26-12-15(11-24-26)20(2,21)22/h3-8,10-12H,9H2,1-2H3,(H,25,27)(H2,23,28,29). The molecule has 3 N–H and O–H groups in total. The van der Waals surface area contributed by atoms with Crippen LogP contribution in [0, 0.1) is 6.92 Å². The Bertz CT molecular complexity index is 1200. The monoisotopic (exact) mass is 434 g/mol. The lowest BCUT2D eigenvalue weighted by atomic mass is 10.1. The van der Waals surface area contributed by atoms with Gasteiger partial charge in [-0.15, -0.1) is 0 Å². The Kier molecular flexibility index (Phi) is 5.73. The van der Waals surface area contributed by atoms with Crippen LogP contribution in [0.1, 0.15) is 23.6 Å². The van der Waals surface area contributed by atoms with Crippen LogP contribution >= 0.6 is 0 Å². The van der Waals surface area contributed by atoms with Crippen LogP contribution in [0.5, 0.6) is 0 Å². The van der Waals surface area contributed by atoms with Crippen LogP contribution < -0.4 is 10.5 Å². The van der Waals surface area contributed by atoms with E-state index in [9.17, 15) is 22.0 Å². The second-order valence-electron chi connectivity index (χ2n) is 7.00. The lowest BCUT2D eigenvalue weighted by molar-refractivity contribution is -0.115. The first-order valence-electron chi connectivity index (χ1n) is 8.89. The molecule has 0 saturated carbocycles. The average Bonchev–Trinajstić information content (AvgIpc) is 3.11. The van der Waals surface area contributed by atoms with Gasteiger partial charge in [0.25, 0.3) is 5.92 Å². The van der Waals surface area contributed by atoms with Crippen molar-refractivity contribution < 1.29 is 22.0 Å². The highest BCUT2D eigenvalue weighted by atomic mass is 32.2. The second kappa shape index (κ2) is 7.96. The third-order valence-electron chi connectivity index (χ3n) is 4.33. The fraction of sp³-hybridized carbons (Fsp3) is 0.200. The number of anilines is 1. The van der Waals surface area contributed by atoms with Gasteiger partial charge in [-0.3, -0.25) is 4.79 Å². The van der Waals surface area contributed by atoms with Crippen molar-refractivity contribution in [3.63, 3.8) is 0 Å². The van der Waals surface area contributed by atoms with Gasteiger partial charge >= 0.3 is 0 Å². The summed E-state index contributed by atoms with van der Waals surface area (Å²) in [4.78, 5) is 12.0. The van der Waals surface area contributed by atoms with Crippen LogP contribution in [0.15, 0.2) is 59.8 Å². The van der Waals surface area contributed by atoms with E-state index in [1.54, 1.807) is 0 Å². The van der Waals surface area contributed by atoms with Gasteiger partial charge in [-0.1, -0.05) is 29.8 Å². The number of carbonyl (C=O) groups excluding carboxylic acids is 1. The zero-order chi connectivity index (χ0) is 22.1. The van der Waals surface area contributed by atoms with Gasteiger partial charge in [0.1, 0.15) is 4.90 Å². The summed E-state index contributed by atoms with van der Waals surface area (Å²) in [5.74, 6) is -3.48. The molecule has 158 valence electrons. The molecule has 0 aliphatic rings. The van der Waals surface area contributed by atoms with Crippen LogP contribution in [0.25, 0.3) is 5.69 Å². The highest BCUT2D eigenvalue weighted by molar-refractivity contribution is 7.89. The summed E-state index contributed by atoms with van der Waals surface area (Å²) >= 11 is 0. The van der Waals surface area contributed by atoms with E-state index in [4.69, 9.17) is 5.14 Å². The Morgan fingerprint density at radius 2 is 1.97 bits per heavy atom. The summed E-state index contributed by atoms with van der Waals surface area (Å²) in [7, 11) is -4.23. The van der Waals surface area contributed by atoms with Crippen LogP contribution in [0.4, 0.5) is 14.5 Å². The Morgan fingerprint density at radius 1 is 1.23 bits per heavy atom. The van der Waals surface area contributed by atoms with Gasteiger partial charge in [0.15, 0.2) is 0 Å². The van der Waals surface area contributed by atoms with Crippen molar-refractivity contribution in [2.45, 2.75) is 31.1 Å². The first-order valence-corrected chi connectivity index (χ1v) is 10.4. The third-order valence-corrected chi connectivity index (χ3v) is 5.27. The smallest absolute Gasteiger partial charge is 0.273 e. The molecule has 3 aromatic rings. The number of hydrogen-bond donors (Lipinski definition) is 2. The SMILES string of the molecule is Cc1cccc(CC(=O)Nc2ccc(-n3cc(C(C)(F)F)cn3)c(S(N)(=O)=O)c2)c1. The quantitative estimate of drug-likeness (QED) is 0.622. The maximum absolute atomic E-state index is 13.5. The zero-order valence-corrected chi connectivity index (χ0v) is 17.1. The van der Waals surface area contributed by atoms with E-state index < -0.39 is 15.9 Å². The number of hydrogen-bond acceptors (Lipinski definition) is 4. The molecule has 0 unspecified atom stereocenters. The van der Waals surface area contributed by atoms with Crippen molar-refractivity contribution in [3.05, 3.63) is 71.5 Å². The molecular formula is C20H20F2N4O3S. The molecule has 0 fully saturated rings. The minimum Gasteiger partial charge on any atom is -0.326 e. The van der Waals surface area contributed by atoms with E-state index in [1.165, 1.54) is 18.2 Å². The molecule has 1 aromatic heterocycles. The van der Waals surface area contributed by atoms with E-state index in [0.29, 0.717) is 6.92 Å². The summed E-state index contributed by atoms with van der Waals surface area (Å²) in [5, 5.41) is 11.7. The van der Waals surface area contributed by atoms with Crippen molar-refractivity contribution in [2.24, 2.45) is 5.14 Å². The Labute approximate surface area is 172 Å². The second-order valence-corrected chi connectivity index (χ2v) is 8.53. The van der Waals surface area contributed by atoms with Gasteiger partial charge in [-0.25, -0.2) is 27.0 Å². The molecular weight excluding hydrogens is 414 g/mol. The van der Waals surface area contributed by atoms with Gasteiger partial charge in [0.2, 0.25) is 15.9 Å². The molecule has 1 heterocycles. The fourth-order valence-corrected chi connectivity index (χ4v) is 3.65. The highest BCUT2D eigenvalue weighted by Gasteiger charge is 2.27. The van der Waals surface area contributed by atoms with E-state index in [1.807, 2.05) is 31.2 Å². The number of halogens is 2. The Morgan fingerprint density at radius 3 is 2.57 bits per heavy atom. The summed E-state index contributed by atoms with van der Waals surface area (Å²) in [6.07, 6.45) is 2.08. The van der Waals surface area contributed by atoms with Gasteiger partial charge in [0.05, 0.1) is 23.9 Å². The number of primary sulfonamides is 1. The first kappa shape index (κ1) is 21.6. The van der Waals surface area contributed by atoms with Gasteiger partial charge in [0, 0.05) is 18.8 Å². The van der Waals surface area contributed by atoms with Gasteiger partial charge < -0.3 is 5.32 Å². The van der Waals surface area contributed by atoms with Gasteiger partial charge in [-0.05, 0) is 30.7 Å². The minimum atomic E-state index is -4.23. The van der Waals surface area contributed by atoms with E-state index in [0.717, 1.165) is 28.2 Å². The largest absolute Gasteiger partial charge is 0.326 e. The molecule has 1 amide bonds. The maximum Gasteiger partial charge on any atom is 0.273 e. The summed E-state index contributed by atoms with van der Waals surface area (Å²) < 4.78 is 52.1. The average molecular weight is 434 g/mol. The van der Waals surface area contributed by atoms with Crippen molar-refractivity contribution >= 4 is 21.6 Å². The Balaban J connectivity index is 1.90. The molecule has 0 aliphatic carbocycles. The van der Waals surface area contributed by atoms with E-state index in [2.05, 4.69) is 10.4 Å². The van der Waals surface area contributed by atoms with Gasteiger partial charge in [-0.2, -0.15) is 5.10 Å². The number of rotatable bonds is 6. The number of aryl methyl sites for hydroxylation is 1. The normalized spacial score (nSPS) is 12.0. The highest BCUT2D eigenvalue weighted by Crippen LogP contribution is 2.29. The van der Waals surface area contributed by atoms with E-state index in [-0.39, 0.29) is 34.2 Å². The molecule has 10 heteroatoms. The zero-order valence-electron chi connectivity index (χ0n) is 16.3. The number of nitrogens with two attached hydrogens (primary N) is 1. The molecule has 3 rings (SSSR count). The van der Waals surface area contributed by atoms with Crippen molar-refractivity contribution in [3.8, 4) is 5.69 Å². The number of nitrogens with zero attached hydrogens (tertiary/aromatic N) is 2. The lowest BCUT2D eigenvalue weighted by Crippen LogP contribution is -2.18. The summed E-state index contributed by atoms with van der Waals surface area (Å²) in [5.41, 5.74) is 1.63. The number of aromatic nitrogens is 2. The molecule has 0 atom stereocenters. The van der Waals surface area contributed by atoms with Crippen LogP contribution in [-0.2, 0) is 27.2 Å². The molecule has 7 nitrogen and oxygen atoms in total. The predicted octanol–water partition coefficient (Wildman–Crippen LogP) is 3.12. The molecule has 30 heavy (non-hydrogen) atoms. The number of alkyl halides is 2. The van der Waals surface area contributed by atoms with Crippen molar-refractivity contribution in [1.29, 1.82) is 0 Å². The van der Waals surface area contributed by atoms with E-state index >= 15 is 0 Å². The number of benzene rings is 2. The van der Waals surface area contributed by atoms with Crippen LogP contribution in [-0.4, -0.2) is 24.1 Å². The number of sulfonamides is 1. The third kappa shape index (κ3) is 5.08. The topological polar surface area (TPSA) is 107 Å². The maximum atomic E-state index is 13.5. The van der Waals surface area contributed by atoms with Crippen LogP contribution in [0.2, 0.25) is 0 Å². The predicted molar refractivity (Wildman–Crippen MR) is 108 cm³/mol. The molecule has 0 saturated heterocycles. The molecule has 0 radical (unpaired) electrons. The van der Waals surface area contributed by atoms with Crippen molar-refractivity contribution in [2.75, 3.05) is 5.32 Å². The van der Waals surface area contributed by atoms with Crippen LogP contribution in [0.3, 0.4) is 0 Å². The minimum absolute atomic E-state index is 0.00955.